The molecule has 1 atom stereocenters. The Morgan fingerprint density at radius 3 is 2.78 bits per heavy atom. The van der Waals surface area contributed by atoms with Crippen molar-refractivity contribution in [3.05, 3.63) is 24.3 Å². The van der Waals surface area contributed by atoms with Crippen molar-refractivity contribution in [1.82, 2.24) is 8.61 Å². The monoisotopic (exact) mass is 341 g/mol. The van der Waals surface area contributed by atoms with Gasteiger partial charge >= 0.3 is 0 Å². The van der Waals surface area contributed by atoms with Crippen molar-refractivity contribution in [2.45, 2.75) is 12.8 Å². The Kier molecular flexibility index (Phi) is 5.61. The van der Waals surface area contributed by atoms with Crippen molar-refractivity contribution in [2.75, 3.05) is 39.6 Å². The number of hydrogen-bond donors (Lipinski definition) is 1. The fraction of sp³-hybridized carbons (Fsp3) is 0.533. The molecule has 1 amide bonds. The largest absolute Gasteiger partial charge is 0.497 e. The van der Waals surface area contributed by atoms with Gasteiger partial charge < -0.3 is 10.1 Å². The van der Waals surface area contributed by atoms with Gasteiger partial charge in [-0.05, 0) is 25.0 Å². The zero-order valence-corrected chi connectivity index (χ0v) is 14.5. The molecule has 0 unspecified atom stereocenters. The maximum absolute atomic E-state index is 12.4. The summed E-state index contributed by atoms with van der Waals surface area (Å²) in [6.07, 6.45) is 1.35. The Bertz CT molecular complexity index is 660. The minimum atomic E-state index is -3.48. The van der Waals surface area contributed by atoms with Gasteiger partial charge in [-0.2, -0.15) is 17.0 Å². The van der Waals surface area contributed by atoms with E-state index in [0.717, 1.165) is 0 Å². The number of amides is 1. The molecule has 1 heterocycles. The number of hydrogen-bond acceptors (Lipinski definition) is 4. The summed E-state index contributed by atoms with van der Waals surface area (Å²) in [7, 11) is 1.07. The number of carbonyl (C=O) groups excluding carboxylic acids is 1. The highest BCUT2D eigenvalue weighted by molar-refractivity contribution is 7.86. The van der Waals surface area contributed by atoms with E-state index in [4.69, 9.17) is 4.74 Å². The number of nitrogens with one attached hydrogen (secondary N) is 1. The number of methoxy groups -OCH3 is 1. The van der Waals surface area contributed by atoms with Gasteiger partial charge in [0.15, 0.2) is 0 Å². The maximum atomic E-state index is 12.4. The number of ether oxygens (including phenoxy) is 1. The van der Waals surface area contributed by atoms with Gasteiger partial charge in [0.2, 0.25) is 5.91 Å². The average molecular weight is 341 g/mol. The Morgan fingerprint density at radius 1 is 1.39 bits per heavy atom. The smallest absolute Gasteiger partial charge is 0.281 e. The minimum Gasteiger partial charge on any atom is -0.497 e. The Hall–Kier alpha value is -1.64. The summed E-state index contributed by atoms with van der Waals surface area (Å²) in [6, 6.07) is 7.09. The van der Waals surface area contributed by atoms with Gasteiger partial charge in [-0.1, -0.05) is 6.07 Å². The number of anilines is 1. The second kappa shape index (κ2) is 7.29. The second-order valence-electron chi connectivity index (χ2n) is 5.71. The van der Waals surface area contributed by atoms with Crippen LogP contribution in [0.15, 0.2) is 24.3 Å². The molecule has 0 bridgehead atoms. The van der Waals surface area contributed by atoms with Crippen LogP contribution in [-0.2, 0) is 15.0 Å². The predicted molar refractivity (Wildman–Crippen MR) is 88.5 cm³/mol. The van der Waals surface area contributed by atoms with Crippen molar-refractivity contribution in [1.29, 1.82) is 0 Å². The first-order chi connectivity index (χ1) is 10.8. The van der Waals surface area contributed by atoms with Gasteiger partial charge in [0.05, 0.1) is 13.0 Å². The van der Waals surface area contributed by atoms with E-state index in [0.29, 0.717) is 30.8 Å². The van der Waals surface area contributed by atoms with E-state index in [-0.39, 0.29) is 18.4 Å². The third-order valence-electron chi connectivity index (χ3n) is 3.88. The molecule has 1 fully saturated rings. The van der Waals surface area contributed by atoms with E-state index in [1.54, 1.807) is 31.4 Å². The SMILES string of the molecule is COc1cccc(NC(=O)[C@@H]2CCCN(S(=O)(=O)N(C)C)C2)c1. The Morgan fingerprint density at radius 2 is 2.13 bits per heavy atom. The molecule has 1 aliphatic heterocycles. The molecule has 0 spiro atoms. The number of nitrogens with zero attached hydrogens (tertiary/aromatic N) is 2. The number of rotatable bonds is 5. The first-order valence-electron chi connectivity index (χ1n) is 7.47. The molecule has 8 heteroatoms. The van der Waals surface area contributed by atoms with Crippen LogP contribution in [0.1, 0.15) is 12.8 Å². The molecular formula is C15H23N3O4S. The molecule has 7 nitrogen and oxygen atoms in total. The van der Waals surface area contributed by atoms with Crippen LogP contribution in [0.3, 0.4) is 0 Å². The molecule has 0 radical (unpaired) electrons. The highest BCUT2D eigenvalue weighted by atomic mass is 32.2. The molecular weight excluding hydrogens is 318 g/mol. The number of carbonyl (C=O) groups is 1. The molecule has 0 aliphatic carbocycles. The summed E-state index contributed by atoms with van der Waals surface area (Å²) in [4.78, 5) is 12.4. The Labute approximate surface area is 137 Å². The third-order valence-corrected chi connectivity index (χ3v) is 5.79. The molecule has 23 heavy (non-hydrogen) atoms. The molecule has 1 aliphatic rings. The van der Waals surface area contributed by atoms with Gasteiger partial charge in [0.25, 0.3) is 10.2 Å². The molecule has 128 valence electrons. The average Bonchev–Trinajstić information content (AvgIpc) is 2.55. The summed E-state index contributed by atoms with van der Waals surface area (Å²) >= 11 is 0. The van der Waals surface area contributed by atoms with E-state index in [2.05, 4.69) is 5.32 Å². The van der Waals surface area contributed by atoms with E-state index >= 15 is 0 Å². The number of piperidine rings is 1. The zero-order chi connectivity index (χ0) is 17.0. The lowest BCUT2D eigenvalue weighted by Gasteiger charge is -2.32. The zero-order valence-electron chi connectivity index (χ0n) is 13.7. The quantitative estimate of drug-likeness (QED) is 0.871. The summed E-state index contributed by atoms with van der Waals surface area (Å²) in [6.45, 7) is 0.653. The van der Waals surface area contributed by atoms with Crippen molar-refractivity contribution < 1.29 is 17.9 Å². The van der Waals surface area contributed by atoms with Crippen molar-refractivity contribution in [2.24, 2.45) is 5.92 Å². The summed E-state index contributed by atoms with van der Waals surface area (Å²) in [5.41, 5.74) is 0.641. The number of benzene rings is 1. The van der Waals surface area contributed by atoms with Gasteiger partial charge in [0, 0.05) is 38.9 Å². The lowest BCUT2D eigenvalue weighted by atomic mass is 9.98. The van der Waals surface area contributed by atoms with E-state index < -0.39 is 10.2 Å². The normalized spacial score (nSPS) is 19.6. The predicted octanol–water partition coefficient (Wildman–Crippen LogP) is 1.15. The van der Waals surface area contributed by atoms with Gasteiger partial charge in [0.1, 0.15) is 5.75 Å². The van der Waals surface area contributed by atoms with Gasteiger partial charge in [-0.25, -0.2) is 0 Å². The van der Waals surface area contributed by atoms with Crippen molar-refractivity contribution >= 4 is 21.8 Å². The lowest BCUT2D eigenvalue weighted by molar-refractivity contribution is -0.120. The van der Waals surface area contributed by atoms with Crippen LogP contribution in [0.5, 0.6) is 5.75 Å². The first-order valence-corrected chi connectivity index (χ1v) is 8.87. The molecule has 1 aromatic rings. The molecule has 1 N–H and O–H groups in total. The molecule has 0 aromatic heterocycles. The summed E-state index contributed by atoms with van der Waals surface area (Å²) in [5, 5.41) is 2.83. The van der Waals surface area contributed by atoms with E-state index in [1.165, 1.54) is 22.7 Å². The van der Waals surface area contributed by atoms with Crippen LogP contribution in [0, 0.1) is 5.92 Å². The maximum Gasteiger partial charge on any atom is 0.281 e. The lowest BCUT2D eigenvalue weighted by Crippen LogP contribution is -2.47. The second-order valence-corrected chi connectivity index (χ2v) is 7.85. The highest BCUT2D eigenvalue weighted by Crippen LogP contribution is 2.23. The summed E-state index contributed by atoms with van der Waals surface area (Å²) in [5.74, 6) is 0.129. The topological polar surface area (TPSA) is 79.0 Å². The highest BCUT2D eigenvalue weighted by Gasteiger charge is 2.33. The fourth-order valence-electron chi connectivity index (χ4n) is 2.54. The molecule has 0 saturated carbocycles. The van der Waals surface area contributed by atoms with Crippen LogP contribution >= 0.6 is 0 Å². The third kappa shape index (κ3) is 4.21. The standard InChI is InChI=1S/C15H23N3O4S/c1-17(2)23(20,21)18-9-5-6-12(11-18)15(19)16-13-7-4-8-14(10-13)22-3/h4,7-8,10,12H,5-6,9,11H2,1-3H3,(H,16,19)/t12-/m1/s1. The molecule has 1 aromatic carbocycles. The molecule has 2 rings (SSSR count). The van der Waals surface area contributed by atoms with Crippen LogP contribution in [0.25, 0.3) is 0 Å². The fourth-order valence-corrected chi connectivity index (χ4v) is 3.73. The van der Waals surface area contributed by atoms with Gasteiger partial charge in [-0.15, -0.1) is 0 Å². The van der Waals surface area contributed by atoms with Gasteiger partial charge in [-0.3, -0.25) is 4.79 Å². The van der Waals surface area contributed by atoms with Crippen molar-refractivity contribution in [3.63, 3.8) is 0 Å². The van der Waals surface area contributed by atoms with Crippen LogP contribution in [-0.4, -0.2) is 57.2 Å². The van der Waals surface area contributed by atoms with Crippen LogP contribution in [0.4, 0.5) is 5.69 Å². The molecule has 1 saturated heterocycles. The van der Waals surface area contributed by atoms with E-state index in [9.17, 15) is 13.2 Å². The van der Waals surface area contributed by atoms with Crippen LogP contribution in [0.2, 0.25) is 0 Å². The van der Waals surface area contributed by atoms with E-state index in [1.807, 2.05) is 0 Å². The first kappa shape index (κ1) is 17.7. The Balaban J connectivity index is 2.04. The van der Waals surface area contributed by atoms with Crippen molar-refractivity contribution in [3.8, 4) is 5.75 Å². The minimum absolute atomic E-state index is 0.170. The summed E-state index contributed by atoms with van der Waals surface area (Å²) < 4.78 is 32.1. The van der Waals surface area contributed by atoms with Crippen LogP contribution < -0.4 is 10.1 Å².